The van der Waals surface area contributed by atoms with Gasteiger partial charge >= 0.3 is 6.03 Å². The van der Waals surface area contributed by atoms with Crippen molar-refractivity contribution in [3.05, 3.63) is 53.8 Å². The van der Waals surface area contributed by atoms with Gasteiger partial charge in [-0.2, -0.15) is 0 Å². The Balaban J connectivity index is 1.56. The van der Waals surface area contributed by atoms with E-state index in [1.807, 2.05) is 0 Å². The van der Waals surface area contributed by atoms with Gasteiger partial charge < -0.3 is 14.8 Å². The van der Waals surface area contributed by atoms with Crippen molar-refractivity contribution in [2.24, 2.45) is 0 Å². The fraction of sp³-hybridized carbons (Fsp3) is 0.167. The molecule has 10 heteroatoms. The lowest BCUT2D eigenvalue weighted by Gasteiger charge is -2.10. The molecule has 0 saturated heterocycles. The maximum absolute atomic E-state index is 13.7. The molecule has 0 saturated carbocycles. The minimum Gasteiger partial charge on any atom is -0.493 e. The van der Waals surface area contributed by atoms with Crippen LogP contribution in [0.2, 0.25) is 0 Å². The van der Waals surface area contributed by atoms with Gasteiger partial charge in [-0.25, -0.2) is 9.18 Å². The number of rotatable bonds is 7. The summed E-state index contributed by atoms with van der Waals surface area (Å²) in [6.07, 6.45) is 0. The molecule has 2 amide bonds. The number of hydrogen-bond acceptors (Lipinski definition) is 7. The van der Waals surface area contributed by atoms with E-state index in [4.69, 9.17) is 9.47 Å². The maximum atomic E-state index is 13.7. The molecule has 0 aliphatic carbocycles. The fourth-order valence-electron chi connectivity index (χ4n) is 2.25. The van der Waals surface area contributed by atoms with Crippen molar-refractivity contribution in [3.63, 3.8) is 0 Å². The topological polar surface area (TPSA) is 85.4 Å². The molecule has 1 aromatic heterocycles. The first-order valence-corrected chi connectivity index (χ1v) is 9.89. The molecule has 0 aliphatic heterocycles. The molecular formula is C18H17FN4O3S2. The molecule has 146 valence electrons. The van der Waals surface area contributed by atoms with Crippen molar-refractivity contribution >= 4 is 39.9 Å². The zero-order chi connectivity index (χ0) is 19.9. The molecule has 3 rings (SSSR count). The number of anilines is 2. The van der Waals surface area contributed by atoms with Gasteiger partial charge in [0.2, 0.25) is 5.13 Å². The largest absolute Gasteiger partial charge is 0.493 e. The van der Waals surface area contributed by atoms with Crippen LogP contribution in [0.3, 0.4) is 0 Å². The van der Waals surface area contributed by atoms with Crippen LogP contribution < -0.4 is 20.1 Å². The summed E-state index contributed by atoms with van der Waals surface area (Å²) >= 11 is 2.56. The van der Waals surface area contributed by atoms with Gasteiger partial charge in [0.05, 0.1) is 14.2 Å². The van der Waals surface area contributed by atoms with Crippen LogP contribution in [0.1, 0.15) is 5.56 Å². The van der Waals surface area contributed by atoms with Gasteiger partial charge in [-0.05, 0) is 23.8 Å². The number of ether oxygens (including phenoxy) is 2. The standard InChI is InChI=1S/C18H17FN4O3S2/c1-25-14-8-7-12(9-15(14)26-2)20-16(24)21-17-22-23-18(28-17)27-10-11-5-3-4-6-13(11)19/h3-9H,10H2,1-2H3,(H2,20,21,22,24). The Hall–Kier alpha value is -2.85. The minimum atomic E-state index is -0.464. The molecule has 0 atom stereocenters. The molecular weight excluding hydrogens is 403 g/mol. The Bertz CT molecular complexity index is 968. The summed E-state index contributed by atoms with van der Waals surface area (Å²) in [6, 6.07) is 11.1. The molecule has 0 spiro atoms. The second-order valence-corrected chi connectivity index (χ2v) is 7.60. The Labute approximate surface area is 169 Å². The highest BCUT2D eigenvalue weighted by Gasteiger charge is 2.11. The summed E-state index contributed by atoms with van der Waals surface area (Å²) in [4.78, 5) is 12.2. The second-order valence-electron chi connectivity index (χ2n) is 5.40. The van der Waals surface area contributed by atoms with Gasteiger partial charge in [0, 0.05) is 17.5 Å². The maximum Gasteiger partial charge on any atom is 0.325 e. The second kappa shape index (κ2) is 9.38. The fourth-order valence-corrected chi connectivity index (χ4v) is 3.98. The quantitative estimate of drug-likeness (QED) is 0.428. The lowest BCUT2D eigenvalue weighted by Crippen LogP contribution is -2.19. The van der Waals surface area contributed by atoms with Crippen molar-refractivity contribution in [3.8, 4) is 11.5 Å². The summed E-state index contributed by atoms with van der Waals surface area (Å²) < 4.78 is 24.6. The van der Waals surface area contributed by atoms with Gasteiger partial charge in [0.25, 0.3) is 0 Å². The zero-order valence-corrected chi connectivity index (χ0v) is 16.7. The van der Waals surface area contributed by atoms with E-state index in [-0.39, 0.29) is 5.82 Å². The van der Waals surface area contributed by atoms with Crippen molar-refractivity contribution in [2.45, 2.75) is 10.1 Å². The van der Waals surface area contributed by atoms with E-state index in [0.29, 0.717) is 38.0 Å². The number of urea groups is 1. The lowest BCUT2D eigenvalue weighted by atomic mass is 10.2. The number of nitrogens with one attached hydrogen (secondary N) is 2. The van der Waals surface area contributed by atoms with Gasteiger partial charge in [0.15, 0.2) is 15.8 Å². The number of aromatic nitrogens is 2. The predicted octanol–water partition coefficient (Wildman–Crippen LogP) is 4.63. The number of halogens is 1. The van der Waals surface area contributed by atoms with E-state index in [2.05, 4.69) is 20.8 Å². The number of nitrogens with zero attached hydrogens (tertiary/aromatic N) is 2. The highest BCUT2D eigenvalue weighted by Crippen LogP contribution is 2.31. The van der Waals surface area contributed by atoms with Crippen molar-refractivity contribution in [1.82, 2.24) is 10.2 Å². The first kappa shape index (κ1) is 19.9. The van der Waals surface area contributed by atoms with E-state index >= 15 is 0 Å². The Kier molecular flexibility index (Phi) is 6.66. The molecule has 0 unspecified atom stereocenters. The summed E-state index contributed by atoms with van der Waals surface area (Å²) in [5, 5.41) is 13.6. The third-order valence-corrected chi connectivity index (χ3v) is 5.60. The molecule has 28 heavy (non-hydrogen) atoms. The smallest absolute Gasteiger partial charge is 0.325 e. The molecule has 3 aromatic rings. The third-order valence-electron chi connectivity index (χ3n) is 3.58. The van der Waals surface area contributed by atoms with E-state index in [1.165, 1.54) is 43.4 Å². The normalized spacial score (nSPS) is 10.4. The zero-order valence-electron chi connectivity index (χ0n) is 15.1. The molecule has 0 aliphatic rings. The summed E-state index contributed by atoms with van der Waals surface area (Å²) in [5.41, 5.74) is 1.12. The minimum absolute atomic E-state index is 0.257. The van der Waals surface area contributed by atoms with Crippen LogP contribution in [0.25, 0.3) is 0 Å². The van der Waals surface area contributed by atoms with Crippen molar-refractivity contribution in [2.75, 3.05) is 24.9 Å². The van der Waals surface area contributed by atoms with Crippen LogP contribution >= 0.6 is 23.1 Å². The number of methoxy groups -OCH3 is 2. The van der Waals surface area contributed by atoms with Crippen LogP contribution in [-0.4, -0.2) is 30.4 Å². The summed E-state index contributed by atoms with van der Waals surface area (Å²) in [6.45, 7) is 0. The van der Waals surface area contributed by atoms with Gasteiger partial charge in [-0.15, -0.1) is 10.2 Å². The molecule has 0 fully saturated rings. The van der Waals surface area contributed by atoms with Gasteiger partial charge in [-0.1, -0.05) is 41.3 Å². The monoisotopic (exact) mass is 420 g/mol. The summed E-state index contributed by atoms with van der Waals surface area (Å²) in [7, 11) is 3.05. The molecule has 7 nitrogen and oxygen atoms in total. The van der Waals surface area contributed by atoms with E-state index in [9.17, 15) is 9.18 Å². The Morgan fingerprint density at radius 1 is 1.11 bits per heavy atom. The van der Waals surface area contributed by atoms with Crippen LogP contribution in [-0.2, 0) is 5.75 Å². The van der Waals surface area contributed by atoms with Crippen molar-refractivity contribution < 1.29 is 18.7 Å². The van der Waals surface area contributed by atoms with E-state index in [0.717, 1.165) is 0 Å². The van der Waals surface area contributed by atoms with Gasteiger partial charge in [-0.3, -0.25) is 5.32 Å². The molecule has 2 N–H and O–H groups in total. The SMILES string of the molecule is COc1ccc(NC(=O)Nc2nnc(SCc3ccccc3F)s2)cc1OC. The number of benzene rings is 2. The van der Waals surface area contributed by atoms with Crippen LogP contribution in [0.4, 0.5) is 20.0 Å². The first-order chi connectivity index (χ1) is 13.6. The van der Waals surface area contributed by atoms with Crippen LogP contribution in [0.5, 0.6) is 11.5 Å². The van der Waals surface area contributed by atoms with E-state index in [1.54, 1.807) is 36.4 Å². The number of carbonyl (C=O) groups is 1. The number of thioether (sulfide) groups is 1. The number of hydrogen-bond donors (Lipinski definition) is 2. The molecule has 1 heterocycles. The summed E-state index contributed by atoms with van der Waals surface area (Å²) in [5.74, 6) is 1.24. The van der Waals surface area contributed by atoms with Gasteiger partial charge in [0.1, 0.15) is 5.82 Å². The van der Waals surface area contributed by atoms with E-state index < -0.39 is 6.03 Å². The Morgan fingerprint density at radius 2 is 1.89 bits per heavy atom. The van der Waals surface area contributed by atoms with Crippen LogP contribution in [0.15, 0.2) is 46.8 Å². The molecule has 2 aromatic carbocycles. The lowest BCUT2D eigenvalue weighted by molar-refractivity contribution is 0.262. The number of carbonyl (C=O) groups excluding carboxylic acids is 1. The highest BCUT2D eigenvalue weighted by atomic mass is 32.2. The number of amides is 2. The molecule has 0 radical (unpaired) electrons. The first-order valence-electron chi connectivity index (χ1n) is 8.09. The average Bonchev–Trinajstić information content (AvgIpc) is 3.14. The predicted molar refractivity (Wildman–Crippen MR) is 108 cm³/mol. The third kappa shape index (κ3) is 5.11. The molecule has 0 bridgehead atoms. The highest BCUT2D eigenvalue weighted by molar-refractivity contribution is 8.00. The Morgan fingerprint density at radius 3 is 2.64 bits per heavy atom. The van der Waals surface area contributed by atoms with Crippen LogP contribution in [0, 0.1) is 5.82 Å². The van der Waals surface area contributed by atoms with Crippen molar-refractivity contribution in [1.29, 1.82) is 0 Å². The average molecular weight is 420 g/mol.